The second-order valence-electron chi connectivity index (χ2n) is 11.8. The van der Waals surface area contributed by atoms with Gasteiger partial charge in [0, 0.05) is 10.8 Å². The van der Waals surface area contributed by atoms with Crippen molar-refractivity contribution in [1.82, 2.24) is 0 Å². The van der Waals surface area contributed by atoms with Crippen molar-refractivity contribution >= 4 is 54.3 Å². The fraction of sp³-hybridized carbons (Fsp3) is 0. The van der Waals surface area contributed by atoms with Gasteiger partial charge in [-0.15, -0.1) is 0 Å². The number of rotatable bonds is 4. The van der Waals surface area contributed by atoms with Crippen LogP contribution in [0.4, 0.5) is 0 Å². The van der Waals surface area contributed by atoms with Crippen LogP contribution in [0.15, 0.2) is 186 Å². The molecular weight excluding hydrogens is 593 g/mol. The number of hydrogen-bond acceptors (Lipinski definition) is 1. The first-order valence-corrected chi connectivity index (χ1v) is 15.8. The maximum Gasteiger partial charge on any atom is 0.135 e. The van der Waals surface area contributed by atoms with Gasteiger partial charge < -0.3 is 4.42 Å². The molecule has 0 fully saturated rings. The minimum atomic E-state index is -0.715. The summed E-state index contributed by atoms with van der Waals surface area (Å²) in [4.78, 5) is 0. The first kappa shape index (κ1) is 17.6. The molecular formula is C48H30O. The Labute approximate surface area is 302 Å². The van der Waals surface area contributed by atoms with Crippen molar-refractivity contribution in [1.29, 1.82) is 0 Å². The fourth-order valence-electron chi connectivity index (χ4n) is 7.04. The number of furan rings is 1. The lowest BCUT2D eigenvalue weighted by Gasteiger charge is -2.19. The third-order valence-electron chi connectivity index (χ3n) is 9.21. The van der Waals surface area contributed by atoms with Crippen LogP contribution in [0.2, 0.25) is 0 Å². The lowest BCUT2D eigenvalue weighted by Crippen LogP contribution is -1.92. The van der Waals surface area contributed by atoms with E-state index in [9.17, 15) is 5.48 Å². The first-order valence-electron chi connectivity index (χ1n) is 22.3. The molecule has 228 valence electrons. The van der Waals surface area contributed by atoms with E-state index in [2.05, 4.69) is 24.3 Å². The molecule has 49 heavy (non-hydrogen) atoms. The Morgan fingerprint density at radius 1 is 0.327 bits per heavy atom. The van der Waals surface area contributed by atoms with Crippen LogP contribution in [-0.2, 0) is 0 Å². The molecule has 1 heteroatoms. The molecule has 10 rings (SSSR count). The largest absolute Gasteiger partial charge is 0.456 e. The van der Waals surface area contributed by atoms with Gasteiger partial charge in [-0.2, -0.15) is 0 Å². The summed E-state index contributed by atoms with van der Waals surface area (Å²) >= 11 is 0. The van der Waals surface area contributed by atoms with E-state index in [4.69, 9.17) is 16.8 Å². The molecule has 0 spiro atoms. The van der Waals surface area contributed by atoms with E-state index in [-0.39, 0.29) is 32.7 Å². The van der Waals surface area contributed by atoms with Crippen LogP contribution in [0.1, 0.15) is 17.8 Å². The molecule has 10 aromatic rings. The Morgan fingerprint density at radius 2 is 0.837 bits per heavy atom. The van der Waals surface area contributed by atoms with E-state index in [0.29, 0.717) is 16.5 Å². The second kappa shape index (κ2) is 11.1. The lowest BCUT2D eigenvalue weighted by molar-refractivity contribution is 0.669. The molecule has 0 amide bonds. The van der Waals surface area contributed by atoms with E-state index in [1.165, 1.54) is 0 Å². The third kappa shape index (κ3) is 4.40. The molecule has 0 radical (unpaired) electrons. The van der Waals surface area contributed by atoms with Gasteiger partial charge in [0.25, 0.3) is 0 Å². The summed E-state index contributed by atoms with van der Waals surface area (Å²) < 4.78 is 122. The van der Waals surface area contributed by atoms with Gasteiger partial charge in [-0.05, 0) is 101 Å². The topological polar surface area (TPSA) is 13.1 Å². The summed E-state index contributed by atoms with van der Waals surface area (Å²) in [5, 5.41) is 2.42. The molecule has 0 aliphatic carbocycles. The SMILES string of the molecule is [2H]c1c([2H])c([2H])c(-c2c3c([2H])c([2H])c([2H])c([2H])c3c(-c3ccc(-c4ccc5oc6ccc(-c7ccccc7)cc6c5c4)c4ccccc34)c3c([2H])c([2H])c([2H])c([2H])c23)c([2H])c1[2H]. The van der Waals surface area contributed by atoms with Crippen LogP contribution in [0, 0.1) is 0 Å². The first-order chi connectivity index (χ1) is 29.7. The Hall–Kier alpha value is -6.44. The third-order valence-corrected chi connectivity index (χ3v) is 9.21. The number of fused-ring (bicyclic) bond motifs is 6. The van der Waals surface area contributed by atoms with Gasteiger partial charge in [-0.3, -0.25) is 0 Å². The van der Waals surface area contributed by atoms with Crippen molar-refractivity contribution in [3.8, 4) is 44.5 Å². The van der Waals surface area contributed by atoms with Gasteiger partial charge in [-0.1, -0.05) is 157 Å². The van der Waals surface area contributed by atoms with Gasteiger partial charge in [0.2, 0.25) is 0 Å². The Morgan fingerprint density at radius 3 is 1.49 bits per heavy atom. The summed E-state index contributed by atoms with van der Waals surface area (Å²) in [6.07, 6.45) is 0. The number of benzene rings is 9. The summed E-state index contributed by atoms with van der Waals surface area (Å²) in [7, 11) is 0. The van der Waals surface area contributed by atoms with E-state index in [1.807, 2.05) is 72.8 Å². The highest BCUT2D eigenvalue weighted by atomic mass is 16.3. The van der Waals surface area contributed by atoms with Gasteiger partial charge in [0.1, 0.15) is 11.2 Å². The highest BCUT2D eigenvalue weighted by molar-refractivity contribution is 6.24. The predicted molar refractivity (Wildman–Crippen MR) is 208 cm³/mol. The Kier molecular flexibility index (Phi) is 3.99. The molecule has 0 aliphatic heterocycles. The quantitative estimate of drug-likeness (QED) is 0.175. The summed E-state index contributed by atoms with van der Waals surface area (Å²) in [5.41, 5.74) is 4.91. The average Bonchev–Trinajstić information content (AvgIpc) is 3.66. The van der Waals surface area contributed by atoms with Gasteiger partial charge in [0.15, 0.2) is 0 Å². The van der Waals surface area contributed by atoms with Crippen molar-refractivity contribution < 1.29 is 22.2 Å². The minimum absolute atomic E-state index is 0.0811. The standard InChI is InChI=1S/C48H30O/c1-3-13-31(14-4-1)33-23-27-45-43(29-33)44-30-34(24-28-46(44)49-45)35-25-26-42(37-18-8-7-17-36(35)37)48-40-21-11-9-19-38(40)47(32-15-5-2-6-16-32)39-20-10-12-22-41(39)48/h1-30H/i2D,5D,6D,9D,10D,11D,12D,15D,16D,19D,20D,21D,22D. The zero-order chi connectivity index (χ0) is 43.6. The van der Waals surface area contributed by atoms with E-state index >= 15 is 0 Å². The fourth-order valence-corrected chi connectivity index (χ4v) is 7.04. The molecule has 0 saturated carbocycles. The summed E-state index contributed by atoms with van der Waals surface area (Å²) in [6, 6.07) is 24.8. The maximum absolute atomic E-state index is 9.39. The highest BCUT2D eigenvalue weighted by Gasteiger charge is 2.19. The molecule has 1 nitrogen and oxygen atoms in total. The van der Waals surface area contributed by atoms with Crippen molar-refractivity contribution in [3.05, 3.63) is 182 Å². The van der Waals surface area contributed by atoms with Gasteiger partial charge >= 0.3 is 0 Å². The maximum atomic E-state index is 9.39. The summed E-state index contributed by atoms with van der Waals surface area (Å²) in [6.45, 7) is 0. The van der Waals surface area contributed by atoms with Crippen LogP contribution >= 0.6 is 0 Å². The Bertz CT molecular complexity index is 3510. The van der Waals surface area contributed by atoms with Crippen LogP contribution in [0.3, 0.4) is 0 Å². The van der Waals surface area contributed by atoms with Gasteiger partial charge in [-0.25, -0.2) is 0 Å². The van der Waals surface area contributed by atoms with Crippen molar-refractivity contribution in [3.63, 3.8) is 0 Å². The zero-order valence-electron chi connectivity index (χ0n) is 38.7. The van der Waals surface area contributed by atoms with E-state index in [1.54, 1.807) is 6.07 Å². The second-order valence-corrected chi connectivity index (χ2v) is 11.8. The molecule has 0 N–H and O–H groups in total. The van der Waals surface area contributed by atoms with Gasteiger partial charge in [0.05, 0.1) is 17.8 Å². The molecule has 1 heterocycles. The molecule has 0 saturated heterocycles. The normalized spacial score (nSPS) is 15.4. The average molecular weight is 636 g/mol. The Balaban J connectivity index is 1.33. The molecule has 0 bridgehead atoms. The monoisotopic (exact) mass is 635 g/mol. The van der Waals surface area contributed by atoms with Crippen LogP contribution in [0.25, 0.3) is 98.8 Å². The molecule has 1 aromatic heterocycles. The van der Waals surface area contributed by atoms with Crippen molar-refractivity contribution in [2.75, 3.05) is 0 Å². The molecule has 0 unspecified atom stereocenters. The van der Waals surface area contributed by atoms with Crippen molar-refractivity contribution in [2.24, 2.45) is 0 Å². The molecule has 9 aromatic carbocycles. The minimum Gasteiger partial charge on any atom is -0.456 e. The van der Waals surface area contributed by atoms with E-state index in [0.717, 1.165) is 44.0 Å². The zero-order valence-corrected chi connectivity index (χ0v) is 25.7. The van der Waals surface area contributed by atoms with Crippen LogP contribution < -0.4 is 0 Å². The smallest absolute Gasteiger partial charge is 0.135 e. The number of hydrogen-bond donors (Lipinski definition) is 0. The molecule has 0 atom stereocenters. The summed E-state index contributed by atoms with van der Waals surface area (Å²) in [5.74, 6) is 0. The predicted octanol–water partition coefficient (Wildman–Crippen LogP) is 13.7. The van der Waals surface area contributed by atoms with Crippen LogP contribution in [-0.4, -0.2) is 0 Å². The highest BCUT2D eigenvalue weighted by Crippen LogP contribution is 2.46. The van der Waals surface area contributed by atoms with E-state index < -0.39 is 84.1 Å². The lowest BCUT2D eigenvalue weighted by atomic mass is 9.84. The van der Waals surface area contributed by atoms with Crippen LogP contribution in [0.5, 0.6) is 0 Å². The molecule has 0 aliphatic rings. The van der Waals surface area contributed by atoms with Crippen molar-refractivity contribution in [2.45, 2.75) is 0 Å².